The van der Waals surface area contributed by atoms with Crippen LogP contribution < -0.4 is 5.32 Å². The third kappa shape index (κ3) is 1.89. The van der Waals surface area contributed by atoms with Crippen molar-refractivity contribution in [3.05, 3.63) is 59.5 Å². The highest BCUT2D eigenvalue weighted by molar-refractivity contribution is 5.34. The predicted octanol–water partition coefficient (Wildman–Crippen LogP) is 2.67. The second-order valence-corrected chi connectivity index (χ2v) is 5.06. The Labute approximate surface area is 102 Å². The molecule has 0 atom stereocenters. The topological polar surface area (TPSA) is 25.2 Å². The fourth-order valence-electron chi connectivity index (χ4n) is 2.55. The van der Waals surface area contributed by atoms with Crippen LogP contribution in [0.2, 0.25) is 0 Å². The molecule has 1 aromatic heterocycles. The molecule has 1 N–H and O–H groups in total. The molecule has 1 saturated heterocycles. The third-order valence-corrected chi connectivity index (χ3v) is 3.71. The summed E-state index contributed by atoms with van der Waals surface area (Å²) in [4.78, 5) is 0. The standard InChI is InChI=1S/C15H17NO/c1-12-2-4-14(5-3-12)15(10-16-11-15)8-13-6-7-17-9-13/h2-7,9,16H,8,10-11H2,1H3. The molecule has 1 fully saturated rings. The second-order valence-electron chi connectivity index (χ2n) is 5.06. The van der Waals surface area contributed by atoms with Crippen LogP contribution in [0.1, 0.15) is 16.7 Å². The highest BCUT2D eigenvalue weighted by atomic mass is 16.3. The van der Waals surface area contributed by atoms with E-state index in [1.54, 1.807) is 6.26 Å². The maximum atomic E-state index is 5.16. The minimum absolute atomic E-state index is 0.261. The van der Waals surface area contributed by atoms with Gasteiger partial charge in [0.25, 0.3) is 0 Å². The van der Waals surface area contributed by atoms with Gasteiger partial charge in [-0.25, -0.2) is 0 Å². The number of rotatable bonds is 3. The zero-order chi connectivity index (χ0) is 11.7. The third-order valence-electron chi connectivity index (χ3n) is 3.71. The smallest absolute Gasteiger partial charge is 0.0934 e. The highest BCUT2D eigenvalue weighted by Crippen LogP contribution is 2.32. The van der Waals surface area contributed by atoms with Crippen molar-refractivity contribution in [3.8, 4) is 0 Å². The highest BCUT2D eigenvalue weighted by Gasteiger charge is 2.38. The van der Waals surface area contributed by atoms with Gasteiger partial charge in [0.1, 0.15) is 0 Å². The number of benzene rings is 1. The van der Waals surface area contributed by atoms with E-state index in [-0.39, 0.29) is 5.41 Å². The lowest BCUT2D eigenvalue weighted by Crippen LogP contribution is -2.58. The summed E-state index contributed by atoms with van der Waals surface area (Å²) in [6, 6.07) is 11.0. The van der Waals surface area contributed by atoms with E-state index >= 15 is 0 Å². The average Bonchev–Trinajstić information content (AvgIpc) is 2.77. The van der Waals surface area contributed by atoms with E-state index in [1.807, 2.05) is 6.26 Å². The van der Waals surface area contributed by atoms with Gasteiger partial charge in [-0.2, -0.15) is 0 Å². The Bertz CT molecular complexity index is 480. The first-order chi connectivity index (χ1) is 8.28. The van der Waals surface area contributed by atoms with Gasteiger partial charge in [0, 0.05) is 18.5 Å². The van der Waals surface area contributed by atoms with E-state index in [2.05, 4.69) is 42.6 Å². The largest absolute Gasteiger partial charge is 0.472 e. The average molecular weight is 227 g/mol. The summed E-state index contributed by atoms with van der Waals surface area (Å²) in [6.45, 7) is 4.24. The number of hydrogen-bond donors (Lipinski definition) is 1. The lowest BCUT2D eigenvalue weighted by molar-refractivity contribution is 0.274. The van der Waals surface area contributed by atoms with Gasteiger partial charge >= 0.3 is 0 Å². The van der Waals surface area contributed by atoms with Gasteiger partial charge in [0.05, 0.1) is 12.5 Å². The van der Waals surface area contributed by atoms with Crippen molar-refractivity contribution in [3.63, 3.8) is 0 Å². The Kier molecular flexibility index (Phi) is 2.52. The van der Waals surface area contributed by atoms with Gasteiger partial charge in [-0.1, -0.05) is 29.8 Å². The van der Waals surface area contributed by atoms with Crippen LogP contribution in [-0.2, 0) is 11.8 Å². The molecule has 1 aliphatic rings. The molecule has 2 heterocycles. The Balaban J connectivity index is 1.89. The summed E-state index contributed by atoms with van der Waals surface area (Å²) in [5.74, 6) is 0. The van der Waals surface area contributed by atoms with Crippen molar-refractivity contribution in [1.29, 1.82) is 0 Å². The van der Waals surface area contributed by atoms with E-state index in [1.165, 1.54) is 16.7 Å². The Hall–Kier alpha value is -1.54. The van der Waals surface area contributed by atoms with Gasteiger partial charge in [-0.15, -0.1) is 0 Å². The Morgan fingerprint density at radius 1 is 1.18 bits per heavy atom. The molecule has 2 nitrogen and oxygen atoms in total. The van der Waals surface area contributed by atoms with E-state index in [0.717, 1.165) is 19.5 Å². The quantitative estimate of drug-likeness (QED) is 0.872. The van der Waals surface area contributed by atoms with E-state index in [0.29, 0.717) is 0 Å². The molecule has 0 amide bonds. The van der Waals surface area contributed by atoms with Crippen LogP contribution in [0.25, 0.3) is 0 Å². The minimum Gasteiger partial charge on any atom is -0.472 e. The molecular weight excluding hydrogens is 210 g/mol. The van der Waals surface area contributed by atoms with E-state index in [4.69, 9.17) is 4.42 Å². The normalized spacial score (nSPS) is 17.7. The lowest BCUT2D eigenvalue weighted by Gasteiger charge is -2.43. The molecule has 1 aromatic carbocycles. The molecule has 0 bridgehead atoms. The number of nitrogens with one attached hydrogen (secondary N) is 1. The first kappa shape index (κ1) is 10.6. The van der Waals surface area contributed by atoms with Crippen LogP contribution in [0.5, 0.6) is 0 Å². The summed E-state index contributed by atoms with van der Waals surface area (Å²) < 4.78 is 5.16. The summed E-state index contributed by atoms with van der Waals surface area (Å²) in [7, 11) is 0. The van der Waals surface area contributed by atoms with Crippen LogP contribution in [0, 0.1) is 6.92 Å². The van der Waals surface area contributed by atoms with Crippen LogP contribution in [0.15, 0.2) is 47.3 Å². The fraction of sp³-hybridized carbons (Fsp3) is 0.333. The van der Waals surface area contributed by atoms with Gasteiger partial charge in [-0.3, -0.25) is 0 Å². The summed E-state index contributed by atoms with van der Waals surface area (Å²) >= 11 is 0. The van der Waals surface area contributed by atoms with Crippen molar-refractivity contribution in [2.75, 3.05) is 13.1 Å². The summed E-state index contributed by atoms with van der Waals surface area (Å²) in [5, 5.41) is 3.40. The zero-order valence-corrected chi connectivity index (χ0v) is 10.1. The van der Waals surface area contributed by atoms with Crippen LogP contribution >= 0.6 is 0 Å². The van der Waals surface area contributed by atoms with Gasteiger partial charge in [0.2, 0.25) is 0 Å². The van der Waals surface area contributed by atoms with Crippen molar-refractivity contribution >= 4 is 0 Å². The molecule has 0 aliphatic carbocycles. The first-order valence-electron chi connectivity index (χ1n) is 6.07. The van der Waals surface area contributed by atoms with Crippen molar-refractivity contribution < 1.29 is 4.42 Å². The number of hydrogen-bond acceptors (Lipinski definition) is 2. The molecule has 0 saturated carbocycles. The predicted molar refractivity (Wildman–Crippen MR) is 68.1 cm³/mol. The lowest BCUT2D eigenvalue weighted by atomic mass is 9.71. The number of furan rings is 1. The summed E-state index contributed by atoms with van der Waals surface area (Å²) in [5.41, 5.74) is 4.30. The van der Waals surface area contributed by atoms with Gasteiger partial charge < -0.3 is 9.73 Å². The van der Waals surface area contributed by atoms with Crippen molar-refractivity contribution in [2.24, 2.45) is 0 Å². The molecular formula is C15H17NO. The Morgan fingerprint density at radius 2 is 1.94 bits per heavy atom. The van der Waals surface area contributed by atoms with Crippen LogP contribution in [0.4, 0.5) is 0 Å². The molecule has 2 aromatic rings. The molecule has 1 aliphatic heterocycles. The molecule has 0 radical (unpaired) electrons. The fourth-order valence-corrected chi connectivity index (χ4v) is 2.55. The van der Waals surface area contributed by atoms with Crippen LogP contribution in [-0.4, -0.2) is 13.1 Å². The maximum Gasteiger partial charge on any atom is 0.0934 e. The van der Waals surface area contributed by atoms with Crippen molar-refractivity contribution in [1.82, 2.24) is 5.32 Å². The second kappa shape index (κ2) is 4.04. The summed E-state index contributed by atoms with van der Waals surface area (Å²) in [6.07, 6.45) is 4.66. The molecule has 0 unspecified atom stereocenters. The SMILES string of the molecule is Cc1ccc(C2(Cc3ccoc3)CNC2)cc1. The zero-order valence-electron chi connectivity index (χ0n) is 10.1. The van der Waals surface area contributed by atoms with Gasteiger partial charge in [-0.05, 0) is 30.5 Å². The van der Waals surface area contributed by atoms with E-state index < -0.39 is 0 Å². The maximum absolute atomic E-state index is 5.16. The van der Waals surface area contributed by atoms with Gasteiger partial charge in [0.15, 0.2) is 0 Å². The minimum atomic E-state index is 0.261. The number of aryl methyl sites for hydroxylation is 1. The molecule has 3 rings (SSSR count). The van der Waals surface area contributed by atoms with Crippen molar-refractivity contribution in [2.45, 2.75) is 18.8 Å². The molecule has 88 valence electrons. The first-order valence-corrected chi connectivity index (χ1v) is 6.07. The van der Waals surface area contributed by atoms with E-state index in [9.17, 15) is 0 Å². The van der Waals surface area contributed by atoms with Crippen LogP contribution in [0.3, 0.4) is 0 Å². The molecule has 17 heavy (non-hydrogen) atoms. The molecule has 2 heteroatoms. The molecule has 0 spiro atoms. The monoisotopic (exact) mass is 227 g/mol. The Morgan fingerprint density at radius 3 is 2.47 bits per heavy atom.